The van der Waals surface area contributed by atoms with Crippen molar-refractivity contribution in [3.05, 3.63) is 56.4 Å². The van der Waals surface area contributed by atoms with E-state index in [0.717, 1.165) is 53.4 Å². The summed E-state index contributed by atoms with van der Waals surface area (Å²) in [5.41, 5.74) is 3.89. The van der Waals surface area contributed by atoms with Crippen LogP contribution in [0.1, 0.15) is 29.5 Å². The molecule has 0 atom stereocenters. The van der Waals surface area contributed by atoms with Crippen molar-refractivity contribution < 1.29 is 18.6 Å². The summed E-state index contributed by atoms with van der Waals surface area (Å²) in [7, 11) is 3.21. The number of rotatable bonds is 3. The quantitative estimate of drug-likeness (QED) is 0.565. The zero-order valence-corrected chi connectivity index (χ0v) is 17.7. The average Bonchev–Trinajstić information content (AvgIpc) is 2.79. The number of ether oxygens (including phenoxy) is 3. The molecule has 0 unspecified atom stereocenters. The third kappa shape index (κ3) is 2.98. The first-order chi connectivity index (χ1) is 14.6. The minimum absolute atomic E-state index is 0.245. The Morgan fingerprint density at radius 2 is 1.77 bits per heavy atom. The maximum atomic E-state index is 12.7. The van der Waals surface area contributed by atoms with Crippen molar-refractivity contribution in [1.29, 1.82) is 0 Å². The molecule has 156 valence electrons. The highest BCUT2D eigenvalue weighted by Gasteiger charge is 2.28. The van der Waals surface area contributed by atoms with Crippen molar-refractivity contribution in [3.63, 3.8) is 0 Å². The lowest BCUT2D eigenvalue weighted by Crippen LogP contribution is -2.32. The highest BCUT2D eigenvalue weighted by Crippen LogP contribution is 2.42. The topological polar surface area (TPSA) is 61.1 Å². The van der Waals surface area contributed by atoms with E-state index in [1.54, 1.807) is 14.2 Å². The molecule has 5 rings (SSSR count). The summed E-state index contributed by atoms with van der Waals surface area (Å²) in [6, 6.07) is 7.59. The van der Waals surface area contributed by atoms with Crippen molar-refractivity contribution in [2.45, 2.75) is 32.2 Å². The van der Waals surface area contributed by atoms with Crippen LogP contribution in [0.15, 0.2) is 33.5 Å². The largest absolute Gasteiger partial charge is 0.493 e. The van der Waals surface area contributed by atoms with Crippen LogP contribution in [-0.4, -0.2) is 21.0 Å². The fourth-order valence-electron chi connectivity index (χ4n) is 4.46. The van der Waals surface area contributed by atoms with Crippen LogP contribution in [0.25, 0.3) is 11.0 Å². The molecule has 1 aliphatic carbocycles. The molecule has 2 aliphatic rings. The second kappa shape index (κ2) is 7.43. The van der Waals surface area contributed by atoms with Crippen LogP contribution in [0.2, 0.25) is 5.02 Å². The molecule has 1 aliphatic heterocycles. The molecule has 3 aromatic rings. The van der Waals surface area contributed by atoms with Gasteiger partial charge >= 0.3 is 5.63 Å². The Balaban J connectivity index is 1.63. The van der Waals surface area contributed by atoms with Crippen LogP contribution in [0, 0.1) is 0 Å². The summed E-state index contributed by atoms with van der Waals surface area (Å²) in [5.74, 6) is 1.88. The van der Waals surface area contributed by atoms with E-state index in [1.165, 1.54) is 0 Å². The number of halogens is 1. The number of fused-ring (bicyclic) bond motifs is 5. The standard InChI is InChI=1S/C23H22ClNO5/c1-27-19-8-7-13(9-20(19)28-2)25-11-17-21-16(10-18(24)22(17)29-12-25)14-5-3-4-6-15(14)23(26)30-21/h7-10H,3-6,11-12H2,1-2H3. The van der Waals surface area contributed by atoms with Gasteiger partial charge in [0, 0.05) is 22.7 Å². The monoisotopic (exact) mass is 427 g/mol. The highest BCUT2D eigenvalue weighted by atomic mass is 35.5. The highest BCUT2D eigenvalue weighted by molar-refractivity contribution is 6.33. The molecule has 2 aromatic carbocycles. The Labute approximate surface area is 178 Å². The molecule has 0 radical (unpaired) electrons. The number of hydrogen-bond acceptors (Lipinski definition) is 6. The van der Waals surface area contributed by atoms with E-state index >= 15 is 0 Å². The molecule has 2 heterocycles. The van der Waals surface area contributed by atoms with E-state index < -0.39 is 0 Å². The zero-order valence-electron chi connectivity index (χ0n) is 16.9. The lowest BCUT2D eigenvalue weighted by Gasteiger charge is -2.32. The predicted octanol–water partition coefficient (Wildman–Crippen LogP) is 4.70. The molecule has 0 saturated carbocycles. The Bertz CT molecular complexity index is 1200. The first-order valence-electron chi connectivity index (χ1n) is 10.0. The molecular formula is C23H22ClNO5. The molecule has 0 spiro atoms. The summed E-state index contributed by atoms with van der Waals surface area (Å²) < 4.78 is 22.6. The predicted molar refractivity (Wildman–Crippen MR) is 115 cm³/mol. The molecule has 0 bridgehead atoms. The molecule has 1 aromatic heterocycles. The van der Waals surface area contributed by atoms with E-state index in [1.807, 2.05) is 29.2 Å². The number of benzene rings is 2. The van der Waals surface area contributed by atoms with Crippen LogP contribution in [0.5, 0.6) is 17.2 Å². The van der Waals surface area contributed by atoms with Gasteiger partial charge in [0.1, 0.15) is 11.3 Å². The molecule has 0 fully saturated rings. The molecule has 0 amide bonds. The van der Waals surface area contributed by atoms with Gasteiger partial charge in [-0.3, -0.25) is 0 Å². The van der Waals surface area contributed by atoms with Gasteiger partial charge in [-0.25, -0.2) is 4.79 Å². The Morgan fingerprint density at radius 1 is 1.00 bits per heavy atom. The summed E-state index contributed by atoms with van der Waals surface area (Å²) in [6.45, 7) is 0.826. The third-order valence-electron chi connectivity index (χ3n) is 5.96. The zero-order chi connectivity index (χ0) is 20.8. The van der Waals surface area contributed by atoms with Gasteiger partial charge in [0.25, 0.3) is 0 Å². The maximum absolute atomic E-state index is 12.7. The Kier molecular flexibility index (Phi) is 4.74. The van der Waals surface area contributed by atoms with E-state index in [0.29, 0.717) is 41.1 Å². The molecule has 0 N–H and O–H groups in total. The van der Waals surface area contributed by atoms with Crippen LogP contribution in [-0.2, 0) is 19.4 Å². The van der Waals surface area contributed by atoms with E-state index in [2.05, 4.69) is 0 Å². The first-order valence-corrected chi connectivity index (χ1v) is 10.4. The summed E-state index contributed by atoms with van der Waals surface area (Å²) in [6.07, 6.45) is 3.70. The van der Waals surface area contributed by atoms with Gasteiger partial charge in [-0.2, -0.15) is 0 Å². The number of anilines is 1. The molecule has 0 saturated heterocycles. The number of aryl methyl sites for hydroxylation is 1. The maximum Gasteiger partial charge on any atom is 0.339 e. The van der Waals surface area contributed by atoms with Crippen LogP contribution < -0.4 is 24.7 Å². The van der Waals surface area contributed by atoms with Crippen LogP contribution in [0.3, 0.4) is 0 Å². The van der Waals surface area contributed by atoms with Crippen molar-refractivity contribution in [2.24, 2.45) is 0 Å². The van der Waals surface area contributed by atoms with Crippen LogP contribution in [0.4, 0.5) is 5.69 Å². The Hall–Kier alpha value is -2.86. The van der Waals surface area contributed by atoms with Crippen molar-refractivity contribution >= 4 is 28.3 Å². The van der Waals surface area contributed by atoms with Gasteiger partial charge in [-0.1, -0.05) is 11.6 Å². The molecule has 6 nitrogen and oxygen atoms in total. The van der Waals surface area contributed by atoms with Gasteiger partial charge < -0.3 is 23.5 Å². The van der Waals surface area contributed by atoms with Crippen LogP contribution >= 0.6 is 11.6 Å². The van der Waals surface area contributed by atoms with E-state index in [9.17, 15) is 4.79 Å². The van der Waals surface area contributed by atoms with Gasteiger partial charge in [0.2, 0.25) is 0 Å². The number of hydrogen-bond donors (Lipinski definition) is 0. The lowest BCUT2D eigenvalue weighted by molar-refractivity contribution is 0.288. The van der Waals surface area contributed by atoms with Gasteiger partial charge in [-0.15, -0.1) is 0 Å². The van der Waals surface area contributed by atoms with Gasteiger partial charge in [-0.05, 0) is 49.4 Å². The summed E-state index contributed by atoms with van der Waals surface area (Å²) >= 11 is 6.58. The number of methoxy groups -OCH3 is 2. The fourth-order valence-corrected chi connectivity index (χ4v) is 4.73. The van der Waals surface area contributed by atoms with E-state index in [4.69, 9.17) is 30.2 Å². The molecular weight excluding hydrogens is 406 g/mol. The first kappa shape index (κ1) is 19.1. The fraction of sp³-hybridized carbons (Fsp3) is 0.348. The average molecular weight is 428 g/mol. The minimum atomic E-state index is -0.245. The molecule has 7 heteroatoms. The second-order valence-electron chi connectivity index (χ2n) is 7.61. The molecule has 30 heavy (non-hydrogen) atoms. The SMILES string of the molecule is COc1ccc(N2COc3c(Cl)cc4c5c(c(=O)oc4c3C2)CCCC5)cc1OC. The third-order valence-corrected chi connectivity index (χ3v) is 6.24. The van der Waals surface area contributed by atoms with Gasteiger partial charge in [0.05, 0.1) is 31.4 Å². The second-order valence-corrected chi connectivity index (χ2v) is 8.01. The minimum Gasteiger partial charge on any atom is -0.493 e. The van der Waals surface area contributed by atoms with Crippen molar-refractivity contribution in [1.82, 2.24) is 0 Å². The van der Waals surface area contributed by atoms with Crippen molar-refractivity contribution in [3.8, 4) is 17.2 Å². The summed E-state index contributed by atoms with van der Waals surface area (Å²) in [4.78, 5) is 14.7. The van der Waals surface area contributed by atoms with Gasteiger partial charge in [0.15, 0.2) is 18.2 Å². The lowest BCUT2D eigenvalue weighted by atomic mass is 9.90. The van der Waals surface area contributed by atoms with Crippen molar-refractivity contribution in [2.75, 3.05) is 25.9 Å². The smallest absolute Gasteiger partial charge is 0.339 e. The normalized spacial score (nSPS) is 15.4. The van der Waals surface area contributed by atoms with E-state index in [-0.39, 0.29) is 5.63 Å². The summed E-state index contributed by atoms with van der Waals surface area (Å²) in [5, 5.41) is 1.47. The number of nitrogens with zero attached hydrogens (tertiary/aromatic N) is 1. The Morgan fingerprint density at radius 3 is 2.53 bits per heavy atom.